The number of carbonyl (C=O) groups excluding carboxylic acids is 2. The second-order valence-corrected chi connectivity index (χ2v) is 7.22. The maximum absolute atomic E-state index is 12.8. The van der Waals surface area contributed by atoms with Crippen LogP contribution >= 0.6 is 11.6 Å². The standard InChI is InChI=1S/C24H21ClN2O4/c1-4-27-23(28)18(15(2)19(13-26)24(27)29)11-16-9-10-21(22(12-16)30-3)31-14-17-7-5-6-8-20(17)25/h5-12H,4,14H2,1-3H3/b18-11+. The smallest absolute Gasteiger partial charge is 0.271 e. The van der Waals surface area contributed by atoms with Gasteiger partial charge in [-0.25, -0.2) is 0 Å². The number of nitrogens with zero attached hydrogens (tertiary/aromatic N) is 2. The third-order valence-electron chi connectivity index (χ3n) is 4.98. The summed E-state index contributed by atoms with van der Waals surface area (Å²) in [6.07, 6.45) is 1.64. The number of likely N-dealkylation sites (N-methyl/N-ethyl adjacent to an activating group) is 1. The first-order chi connectivity index (χ1) is 14.9. The van der Waals surface area contributed by atoms with E-state index in [9.17, 15) is 14.9 Å². The highest BCUT2D eigenvalue weighted by atomic mass is 35.5. The minimum atomic E-state index is -0.564. The van der Waals surface area contributed by atoms with E-state index in [1.807, 2.05) is 24.3 Å². The summed E-state index contributed by atoms with van der Waals surface area (Å²) < 4.78 is 11.3. The Morgan fingerprint density at radius 3 is 2.52 bits per heavy atom. The molecule has 0 saturated carbocycles. The van der Waals surface area contributed by atoms with Gasteiger partial charge in [0.2, 0.25) is 0 Å². The zero-order chi connectivity index (χ0) is 22.5. The first-order valence-corrected chi connectivity index (χ1v) is 10.0. The third-order valence-corrected chi connectivity index (χ3v) is 5.35. The topological polar surface area (TPSA) is 79.6 Å². The van der Waals surface area contributed by atoms with E-state index >= 15 is 0 Å². The highest BCUT2D eigenvalue weighted by Crippen LogP contribution is 2.32. The van der Waals surface area contributed by atoms with Gasteiger partial charge in [-0.05, 0) is 49.3 Å². The number of amides is 2. The third kappa shape index (κ3) is 4.47. The Morgan fingerprint density at radius 1 is 1.13 bits per heavy atom. The molecule has 7 heteroatoms. The van der Waals surface area contributed by atoms with Crippen molar-refractivity contribution in [2.24, 2.45) is 0 Å². The number of nitriles is 1. The van der Waals surface area contributed by atoms with Crippen LogP contribution in [0.25, 0.3) is 6.08 Å². The van der Waals surface area contributed by atoms with E-state index in [1.54, 1.807) is 44.2 Å². The molecule has 158 valence electrons. The van der Waals surface area contributed by atoms with Gasteiger partial charge in [0.1, 0.15) is 18.2 Å². The predicted octanol–water partition coefficient (Wildman–Crippen LogP) is 4.54. The Kier molecular flexibility index (Phi) is 6.78. The Morgan fingerprint density at radius 2 is 1.87 bits per heavy atom. The average molecular weight is 437 g/mol. The lowest BCUT2D eigenvalue weighted by molar-refractivity contribution is -0.140. The summed E-state index contributed by atoms with van der Waals surface area (Å²) in [5.41, 5.74) is 2.15. The van der Waals surface area contributed by atoms with Crippen LogP contribution in [-0.4, -0.2) is 30.4 Å². The SMILES string of the molecule is CCN1C(=O)C(C#N)=C(C)/C(=C\c2ccc(OCc3ccccc3Cl)c(OC)c2)C1=O. The highest BCUT2D eigenvalue weighted by Gasteiger charge is 2.34. The predicted molar refractivity (Wildman–Crippen MR) is 117 cm³/mol. The fraction of sp³-hybridized carbons (Fsp3) is 0.208. The van der Waals surface area contributed by atoms with Crippen molar-refractivity contribution in [1.82, 2.24) is 4.90 Å². The van der Waals surface area contributed by atoms with E-state index in [1.165, 1.54) is 7.11 Å². The van der Waals surface area contributed by atoms with Crippen LogP contribution in [0.2, 0.25) is 5.02 Å². The average Bonchev–Trinajstić information content (AvgIpc) is 2.77. The summed E-state index contributed by atoms with van der Waals surface area (Å²) in [7, 11) is 1.52. The molecule has 0 saturated heterocycles. The number of ether oxygens (including phenoxy) is 2. The maximum atomic E-state index is 12.8. The normalized spacial score (nSPS) is 15.3. The van der Waals surface area contributed by atoms with Crippen LogP contribution in [0, 0.1) is 11.3 Å². The molecule has 0 radical (unpaired) electrons. The largest absolute Gasteiger partial charge is 0.493 e. The second-order valence-electron chi connectivity index (χ2n) is 6.81. The molecule has 0 bridgehead atoms. The minimum absolute atomic E-state index is 0.0284. The van der Waals surface area contributed by atoms with Gasteiger partial charge >= 0.3 is 0 Å². The second kappa shape index (κ2) is 9.50. The maximum Gasteiger partial charge on any atom is 0.271 e. The molecular formula is C24H21ClN2O4. The molecule has 0 N–H and O–H groups in total. The van der Waals surface area contributed by atoms with E-state index in [2.05, 4.69) is 0 Å². The first kappa shape index (κ1) is 22.1. The molecule has 0 fully saturated rings. The van der Waals surface area contributed by atoms with E-state index in [-0.39, 0.29) is 18.7 Å². The van der Waals surface area contributed by atoms with Crippen molar-refractivity contribution in [3.05, 3.63) is 75.3 Å². The molecule has 1 aliphatic rings. The Labute approximate surface area is 185 Å². The molecule has 0 unspecified atom stereocenters. The van der Waals surface area contributed by atoms with E-state index in [0.717, 1.165) is 10.5 Å². The lowest BCUT2D eigenvalue weighted by Crippen LogP contribution is -2.42. The molecule has 2 aromatic rings. The molecule has 6 nitrogen and oxygen atoms in total. The molecule has 1 aliphatic heterocycles. The number of carbonyl (C=O) groups is 2. The van der Waals surface area contributed by atoms with Gasteiger partial charge in [0.05, 0.1) is 7.11 Å². The summed E-state index contributed by atoms with van der Waals surface area (Å²) in [5.74, 6) is 0.0117. The van der Waals surface area contributed by atoms with Gasteiger partial charge in [0.25, 0.3) is 11.8 Å². The number of imide groups is 1. The van der Waals surface area contributed by atoms with Crippen molar-refractivity contribution < 1.29 is 19.1 Å². The summed E-state index contributed by atoms with van der Waals surface area (Å²) >= 11 is 6.18. The molecule has 31 heavy (non-hydrogen) atoms. The summed E-state index contributed by atoms with van der Waals surface area (Å²) in [4.78, 5) is 26.2. The van der Waals surface area contributed by atoms with E-state index < -0.39 is 11.8 Å². The number of methoxy groups -OCH3 is 1. The van der Waals surface area contributed by atoms with Gasteiger partial charge < -0.3 is 9.47 Å². The number of hydrogen-bond acceptors (Lipinski definition) is 5. The molecule has 1 heterocycles. The number of rotatable bonds is 6. The number of halogens is 1. The van der Waals surface area contributed by atoms with Crippen molar-refractivity contribution in [3.63, 3.8) is 0 Å². The molecule has 0 aromatic heterocycles. The zero-order valence-electron chi connectivity index (χ0n) is 17.4. The minimum Gasteiger partial charge on any atom is -0.493 e. The van der Waals surface area contributed by atoms with Crippen LogP contribution in [0.15, 0.2) is 59.2 Å². The van der Waals surface area contributed by atoms with Gasteiger partial charge in [-0.1, -0.05) is 35.9 Å². The van der Waals surface area contributed by atoms with Crippen LogP contribution in [0.5, 0.6) is 11.5 Å². The molecule has 2 amide bonds. The number of hydrogen-bond donors (Lipinski definition) is 0. The lowest BCUT2D eigenvalue weighted by atomic mass is 9.93. The van der Waals surface area contributed by atoms with Gasteiger partial charge in [-0.2, -0.15) is 5.26 Å². The van der Waals surface area contributed by atoms with Crippen LogP contribution in [-0.2, 0) is 16.2 Å². The van der Waals surface area contributed by atoms with Crippen molar-refractivity contribution in [3.8, 4) is 17.6 Å². The van der Waals surface area contributed by atoms with Crippen LogP contribution in [0.1, 0.15) is 25.0 Å². The molecule has 0 aliphatic carbocycles. The van der Waals surface area contributed by atoms with Crippen LogP contribution in [0.3, 0.4) is 0 Å². The summed E-state index contributed by atoms with van der Waals surface area (Å²) in [6.45, 7) is 3.75. The molecule has 2 aromatic carbocycles. The lowest BCUT2D eigenvalue weighted by Gasteiger charge is -2.26. The summed E-state index contributed by atoms with van der Waals surface area (Å²) in [6, 6.07) is 14.6. The Bertz CT molecular complexity index is 1140. The molecular weight excluding hydrogens is 416 g/mol. The summed E-state index contributed by atoms with van der Waals surface area (Å²) in [5, 5.41) is 9.98. The van der Waals surface area contributed by atoms with E-state index in [0.29, 0.717) is 33.2 Å². The Hall–Kier alpha value is -3.56. The zero-order valence-corrected chi connectivity index (χ0v) is 18.2. The molecule has 0 atom stereocenters. The van der Waals surface area contributed by atoms with Gasteiger partial charge in [0, 0.05) is 22.7 Å². The molecule has 0 spiro atoms. The van der Waals surface area contributed by atoms with Gasteiger partial charge in [-0.15, -0.1) is 0 Å². The van der Waals surface area contributed by atoms with Gasteiger partial charge in [0.15, 0.2) is 11.5 Å². The monoisotopic (exact) mass is 436 g/mol. The number of benzene rings is 2. The van der Waals surface area contributed by atoms with Crippen molar-refractivity contribution in [1.29, 1.82) is 5.26 Å². The highest BCUT2D eigenvalue weighted by molar-refractivity contribution is 6.31. The van der Waals surface area contributed by atoms with Crippen molar-refractivity contribution >= 4 is 29.5 Å². The fourth-order valence-corrected chi connectivity index (χ4v) is 3.44. The van der Waals surface area contributed by atoms with Crippen LogP contribution in [0.4, 0.5) is 0 Å². The van der Waals surface area contributed by atoms with Gasteiger partial charge in [-0.3, -0.25) is 14.5 Å². The first-order valence-electron chi connectivity index (χ1n) is 9.64. The van der Waals surface area contributed by atoms with Crippen LogP contribution < -0.4 is 9.47 Å². The van der Waals surface area contributed by atoms with Crippen molar-refractivity contribution in [2.75, 3.05) is 13.7 Å². The quantitative estimate of drug-likeness (QED) is 0.490. The van der Waals surface area contributed by atoms with Crippen molar-refractivity contribution in [2.45, 2.75) is 20.5 Å². The fourth-order valence-electron chi connectivity index (χ4n) is 3.25. The Balaban J connectivity index is 1.93. The van der Waals surface area contributed by atoms with E-state index in [4.69, 9.17) is 21.1 Å². The molecule has 3 rings (SSSR count).